The van der Waals surface area contributed by atoms with E-state index in [1.54, 1.807) is 7.11 Å². The summed E-state index contributed by atoms with van der Waals surface area (Å²) in [7, 11) is 1.62. The Morgan fingerprint density at radius 2 is 2.15 bits per heavy atom. The molecule has 1 N–H and O–H groups in total. The van der Waals surface area contributed by atoms with Crippen LogP contribution in [0.4, 0.5) is 0 Å². The number of benzene rings is 1. The smallest absolute Gasteiger partial charge is 0.161 e. The Balaban J connectivity index is 2.79. The van der Waals surface area contributed by atoms with Gasteiger partial charge in [0, 0.05) is 11.6 Å². The quantitative estimate of drug-likeness (QED) is 0.768. The van der Waals surface area contributed by atoms with Gasteiger partial charge in [0.1, 0.15) is 6.61 Å². The maximum absolute atomic E-state index is 5.80. The molecule has 3 nitrogen and oxygen atoms in total. The van der Waals surface area contributed by atoms with E-state index >= 15 is 0 Å². The zero-order valence-corrected chi connectivity index (χ0v) is 13.6. The fourth-order valence-electron chi connectivity index (χ4n) is 1.73. The molecule has 1 unspecified atom stereocenters. The van der Waals surface area contributed by atoms with E-state index in [0.717, 1.165) is 18.5 Å². The van der Waals surface area contributed by atoms with Gasteiger partial charge in [0.25, 0.3) is 0 Å². The summed E-state index contributed by atoms with van der Waals surface area (Å²) in [6.45, 7) is 5.48. The lowest BCUT2D eigenvalue weighted by Gasteiger charge is -2.16. The molecule has 1 rings (SSSR count). The summed E-state index contributed by atoms with van der Waals surface area (Å²) >= 11 is 11.3. The van der Waals surface area contributed by atoms with Gasteiger partial charge in [-0.1, -0.05) is 36.2 Å². The van der Waals surface area contributed by atoms with Crippen molar-refractivity contribution in [3.05, 3.63) is 34.3 Å². The summed E-state index contributed by atoms with van der Waals surface area (Å²) in [5.74, 6) is 1.34. The van der Waals surface area contributed by atoms with Crippen molar-refractivity contribution >= 4 is 23.2 Å². The molecule has 0 saturated carbocycles. The minimum atomic E-state index is 0.227. The average Bonchev–Trinajstić information content (AvgIpc) is 2.49. The third kappa shape index (κ3) is 5.23. The number of methoxy groups -OCH3 is 1. The van der Waals surface area contributed by atoms with E-state index in [1.165, 1.54) is 5.54 Å². The van der Waals surface area contributed by atoms with Gasteiger partial charge in [-0.3, -0.25) is 0 Å². The topological polar surface area (TPSA) is 30.5 Å². The SMILES string of the molecule is CCCNC(C)c1ccc(OCC(Cl)=CCl)c(OC)c1. The zero-order chi connectivity index (χ0) is 15.0. The molecule has 0 radical (unpaired) electrons. The zero-order valence-electron chi connectivity index (χ0n) is 12.1. The Bertz CT molecular complexity index is 449. The van der Waals surface area contributed by atoms with Gasteiger partial charge in [0.15, 0.2) is 11.5 Å². The predicted molar refractivity (Wildman–Crippen MR) is 85.0 cm³/mol. The first-order valence-electron chi connectivity index (χ1n) is 6.61. The highest BCUT2D eigenvalue weighted by Crippen LogP contribution is 2.30. The molecule has 0 fully saturated rings. The maximum atomic E-state index is 5.80. The highest BCUT2D eigenvalue weighted by Gasteiger charge is 2.10. The van der Waals surface area contributed by atoms with Crippen LogP contribution in [0.2, 0.25) is 0 Å². The number of ether oxygens (including phenoxy) is 2. The van der Waals surface area contributed by atoms with Crippen LogP contribution in [0.3, 0.4) is 0 Å². The lowest BCUT2D eigenvalue weighted by Crippen LogP contribution is -2.19. The monoisotopic (exact) mass is 317 g/mol. The van der Waals surface area contributed by atoms with Crippen molar-refractivity contribution in [3.63, 3.8) is 0 Å². The molecular formula is C15H21Cl2NO2. The minimum Gasteiger partial charge on any atom is -0.493 e. The second-order valence-electron chi connectivity index (χ2n) is 4.43. The van der Waals surface area contributed by atoms with Gasteiger partial charge in [0.05, 0.1) is 12.1 Å². The molecule has 1 aromatic rings. The van der Waals surface area contributed by atoms with E-state index in [4.69, 9.17) is 32.7 Å². The molecule has 0 amide bonds. The summed E-state index contributed by atoms with van der Waals surface area (Å²) in [5, 5.41) is 3.88. The Morgan fingerprint density at radius 1 is 1.40 bits per heavy atom. The number of rotatable bonds is 8. The van der Waals surface area contributed by atoms with E-state index in [2.05, 4.69) is 19.2 Å². The van der Waals surface area contributed by atoms with Crippen LogP contribution in [0, 0.1) is 0 Å². The summed E-state index contributed by atoms with van der Waals surface area (Å²) in [5.41, 5.74) is 2.45. The largest absolute Gasteiger partial charge is 0.493 e. The van der Waals surface area contributed by atoms with Crippen LogP contribution >= 0.6 is 23.2 Å². The van der Waals surface area contributed by atoms with Crippen molar-refractivity contribution < 1.29 is 9.47 Å². The van der Waals surface area contributed by atoms with Gasteiger partial charge in [-0.2, -0.15) is 0 Å². The third-order valence-corrected chi connectivity index (χ3v) is 3.47. The third-order valence-electron chi connectivity index (χ3n) is 2.87. The van der Waals surface area contributed by atoms with Gasteiger partial charge >= 0.3 is 0 Å². The van der Waals surface area contributed by atoms with E-state index in [0.29, 0.717) is 16.5 Å². The second-order valence-corrected chi connectivity index (χ2v) is 5.13. The highest BCUT2D eigenvalue weighted by molar-refractivity contribution is 6.36. The van der Waals surface area contributed by atoms with Crippen molar-refractivity contribution in [2.75, 3.05) is 20.3 Å². The number of hydrogen-bond acceptors (Lipinski definition) is 3. The second kappa shape index (κ2) is 9.11. The van der Waals surface area contributed by atoms with Crippen molar-refractivity contribution in [2.24, 2.45) is 0 Å². The molecule has 1 atom stereocenters. The lowest BCUT2D eigenvalue weighted by molar-refractivity contribution is 0.323. The molecule has 0 saturated heterocycles. The molecular weight excluding hydrogens is 297 g/mol. The predicted octanol–water partition coefficient (Wildman–Crippen LogP) is 4.45. The summed E-state index contributed by atoms with van der Waals surface area (Å²) in [4.78, 5) is 0. The van der Waals surface area contributed by atoms with E-state index < -0.39 is 0 Å². The average molecular weight is 318 g/mol. The van der Waals surface area contributed by atoms with Gasteiger partial charge < -0.3 is 14.8 Å². The maximum Gasteiger partial charge on any atom is 0.161 e. The van der Waals surface area contributed by atoms with Crippen LogP contribution in [0.5, 0.6) is 11.5 Å². The fourth-order valence-corrected chi connectivity index (χ4v) is 1.85. The van der Waals surface area contributed by atoms with Gasteiger partial charge in [-0.15, -0.1) is 0 Å². The first-order valence-corrected chi connectivity index (χ1v) is 7.42. The lowest BCUT2D eigenvalue weighted by atomic mass is 10.1. The Morgan fingerprint density at radius 3 is 2.75 bits per heavy atom. The molecule has 0 heterocycles. The van der Waals surface area contributed by atoms with Crippen LogP contribution in [0.1, 0.15) is 31.9 Å². The van der Waals surface area contributed by atoms with Crippen molar-refractivity contribution in [1.82, 2.24) is 5.32 Å². The molecule has 0 aliphatic rings. The van der Waals surface area contributed by atoms with Crippen LogP contribution in [0.25, 0.3) is 0 Å². The Kier molecular flexibility index (Phi) is 7.82. The van der Waals surface area contributed by atoms with E-state index in [1.807, 2.05) is 18.2 Å². The van der Waals surface area contributed by atoms with E-state index in [-0.39, 0.29) is 12.6 Å². The summed E-state index contributed by atoms with van der Waals surface area (Å²) in [6.07, 6.45) is 1.10. The molecule has 5 heteroatoms. The van der Waals surface area contributed by atoms with Crippen molar-refractivity contribution in [1.29, 1.82) is 0 Å². The standard InChI is InChI=1S/C15H21Cl2NO2/c1-4-7-18-11(2)12-5-6-14(15(8-12)19-3)20-10-13(17)9-16/h5-6,8-9,11,18H,4,7,10H2,1-3H3. The molecule has 0 spiro atoms. The molecule has 112 valence electrons. The normalized spacial score (nSPS) is 13.2. The number of halogens is 2. The summed E-state index contributed by atoms with van der Waals surface area (Å²) in [6, 6.07) is 6.14. The summed E-state index contributed by atoms with van der Waals surface area (Å²) < 4.78 is 10.9. The van der Waals surface area contributed by atoms with Gasteiger partial charge in [0.2, 0.25) is 0 Å². The van der Waals surface area contributed by atoms with E-state index in [9.17, 15) is 0 Å². The molecule has 0 aliphatic heterocycles. The van der Waals surface area contributed by atoms with Crippen LogP contribution in [0.15, 0.2) is 28.8 Å². The molecule has 1 aromatic carbocycles. The number of nitrogens with one attached hydrogen (secondary N) is 1. The van der Waals surface area contributed by atoms with Crippen LogP contribution < -0.4 is 14.8 Å². The molecule has 0 aliphatic carbocycles. The first kappa shape index (κ1) is 17.2. The highest BCUT2D eigenvalue weighted by atomic mass is 35.5. The fraction of sp³-hybridized carbons (Fsp3) is 0.467. The number of hydrogen-bond donors (Lipinski definition) is 1. The first-order chi connectivity index (χ1) is 9.62. The van der Waals surface area contributed by atoms with Gasteiger partial charge in [-0.05, 0) is 37.6 Å². The van der Waals surface area contributed by atoms with Crippen molar-refractivity contribution in [2.45, 2.75) is 26.3 Å². The van der Waals surface area contributed by atoms with Gasteiger partial charge in [-0.25, -0.2) is 0 Å². The molecule has 20 heavy (non-hydrogen) atoms. The van der Waals surface area contributed by atoms with Crippen molar-refractivity contribution in [3.8, 4) is 11.5 Å². The minimum absolute atomic E-state index is 0.227. The Hall–Kier alpha value is -0.900. The van der Waals surface area contributed by atoms with Crippen LogP contribution in [-0.2, 0) is 0 Å². The molecule has 0 bridgehead atoms. The molecule has 0 aromatic heterocycles. The van der Waals surface area contributed by atoms with Crippen LogP contribution in [-0.4, -0.2) is 20.3 Å². The Labute approximate surface area is 130 Å².